The van der Waals surface area contributed by atoms with Crippen LogP contribution in [0.15, 0.2) is 42.5 Å². The predicted molar refractivity (Wildman–Crippen MR) is 115 cm³/mol. The summed E-state index contributed by atoms with van der Waals surface area (Å²) in [5.41, 5.74) is 0.708. The number of esters is 1. The van der Waals surface area contributed by atoms with Gasteiger partial charge in [0.1, 0.15) is 5.82 Å². The van der Waals surface area contributed by atoms with Gasteiger partial charge in [-0.25, -0.2) is 21.9 Å². The summed E-state index contributed by atoms with van der Waals surface area (Å²) in [4.78, 5) is 24.2. The molecule has 3 rings (SSSR count). The molecular weight excluding hydrogens is 447 g/mol. The van der Waals surface area contributed by atoms with Crippen LogP contribution >= 0.6 is 11.6 Å². The average Bonchev–Trinajstić information content (AvgIpc) is 2.76. The number of hydrogen-bond acceptors (Lipinski definition) is 5. The van der Waals surface area contributed by atoms with Crippen molar-refractivity contribution in [2.24, 2.45) is 5.92 Å². The van der Waals surface area contributed by atoms with Crippen molar-refractivity contribution in [3.63, 3.8) is 0 Å². The van der Waals surface area contributed by atoms with Crippen LogP contribution < -0.4 is 5.32 Å². The van der Waals surface area contributed by atoms with Crippen molar-refractivity contribution in [1.29, 1.82) is 0 Å². The van der Waals surface area contributed by atoms with E-state index in [0.29, 0.717) is 24.1 Å². The number of hydrogen-bond donors (Lipinski definition) is 1. The summed E-state index contributed by atoms with van der Waals surface area (Å²) in [6.07, 6.45) is 0.652. The lowest BCUT2D eigenvalue weighted by molar-refractivity contribution is -0.120. The number of sulfonamides is 1. The number of benzene rings is 2. The van der Waals surface area contributed by atoms with E-state index in [9.17, 15) is 22.4 Å². The summed E-state index contributed by atoms with van der Waals surface area (Å²) in [7, 11) is -2.51. The standard InChI is InChI=1S/C21H22ClFN2O5S/c1-30-21(27)15-4-2-5-16(12-15)24-20(26)14-8-10-25(11-9-14)31(28,29)13-17-18(22)6-3-7-19(17)23/h2-7,12,14H,8-11,13H2,1H3,(H,24,26). The van der Waals surface area contributed by atoms with Crippen LogP contribution in [-0.2, 0) is 25.3 Å². The molecule has 7 nitrogen and oxygen atoms in total. The van der Waals surface area contributed by atoms with E-state index in [1.54, 1.807) is 18.2 Å². The fourth-order valence-corrected chi connectivity index (χ4v) is 5.34. The average molecular weight is 469 g/mol. The molecule has 0 spiro atoms. The fourth-order valence-electron chi connectivity index (χ4n) is 3.43. The summed E-state index contributed by atoms with van der Waals surface area (Å²) in [5.74, 6) is -2.35. The molecule has 166 valence electrons. The van der Waals surface area contributed by atoms with Crippen LogP contribution in [0.4, 0.5) is 10.1 Å². The second-order valence-corrected chi connectivity index (χ2v) is 9.57. The Morgan fingerprint density at radius 2 is 1.87 bits per heavy atom. The molecule has 0 radical (unpaired) electrons. The van der Waals surface area contributed by atoms with Crippen molar-refractivity contribution in [2.45, 2.75) is 18.6 Å². The lowest BCUT2D eigenvalue weighted by Gasteiger charge is -2.30. The Bertz CT molecular complexity index is 1060. The number of amides is 1. The van der Waals surface area contributed by atoms with Gasteiger partial charge in [0, 0.05) is 35.3 Å². The molecule has 0 aromatic heterocycles. The minimum absolute atomic E-state index is 0.0606. The predicted octanol–water partition coefficient (Wildman–Crippen LogP) is 3.45. The van der Waals surface area contributed by atoms with Gasteiger partial charge in [0.2, 0.25) is 15.9 Å². The van der Waals surface area contributed by atoms with Crippen molar-refractivity contribution >= 4 is 39.2 Å². The van der Waals surface area contributed by atoms with Gasteiger partial charge in [-0.3, -0.25) is 4.79 Å². The molecule has 2 aromatic rings. The molecule has 1 saturated heterocycles. The zero-order valence-electron chi connectivity index (χ0n) is 16.8. The van der Waals surface area contributed by atoms with Gasteiger partial charge in [-0.15, -0.1) is 0 Å². The highest BCUT2D eigenvalue weighted by Gasteiger charge is 2.32. The Kier molecular flexibility index (Phi) is 7.30. The first kappa shape index (κ1) is 23.2. The Balaban J connectivity index is 1.60. The zero-order valence-corrected chi connectivity index (χ0v) is 18.4. The van der Waals surface area contributed by atoms with Gasteiger partial charge in [-0.2, -0.15) is 0 Å². The molecule has 1 N–H and O–H groups in total. The summed E-state index contributed by atoms with van der Waals surface area (Å²) < 4.78 is 45.3. The maximum atomic E-state index is 14.0. The molecule has 2 aromatic carbocycles. The fraction of sp³-hybridized carbons (Fsp3) is 0.333. The van der Waals surface area contributed by atoms with Crippen molar-refractivity contribution in [2.75, 3.05) is 25.5 Å². The number of ether oxygens (including phenoxy) is 1. The number of carbonyl (C=O) groups is 2. The van der Waals surface area contributed by atoms with Crippen LogP contribution in [0.5, 0.6) is 0 Å². The summed E-state index contributed by atoms with van der Waals surface area (Å²) in [6, 6.07) is 10.4. The van der Waals surface area contributed by atoms with Crippen molar-refractivity contribution in [3.05, 3.63) is 64.4 Å². The lowest BCUT2D eigenvalue weighted by Crippen LogP contribution is -2.42. The second kappa shape index (κ2) is 9.76. The minimum atomic E-state index is -3.78. The SMILES string of the molecule is COC(=O)c1cccc(NC(=O)C2CCN(S(=O)(=O)Cc3c(F)cccc3Cl)CC2)c1. The summed E-state index contributed by atoms with van der Waals surface area (Å²) in [5, 5.41) is 2.82. The Hall–Kier alpha value is -2.49. The molecule has 31 heavy (non-hydrogen) atoms. The Labute approximate surface area is 185 Å². The van der Waals surface area contributed by atoms with E-state index in [1.807, 2.05) is 0 Å². The van der Waals surface area contributed by atoms with Crippen LogP contribution in [0.3, 0.4) is 0 Å². The first-order valence-electron chi connectivity index (χ1n) is 9.61. The number of carbonyl (C=O) groups excluding carboxylic acids is 2. The van der Waals surface area contributed by atoms with E-state index in [-0.39, 0.29) is 35.5 Å². The number of nitrogens with zero attached hydrogens (tertiary/aromatic N) is 1. The summed E-state index contributed by atoms with van der Waals surface area (Å²) in [6.45, 7) is 0.295. The van der Waals surface area contributed by atoms with Crippen molar-refractivity contribution in [3.8, 4) is 0 Å². The topological polar surface area (TPSA) is 92.8 Å². The van der Waals surface area contributed by atoms with E-state index in [4.69, 9.17) is 11.6 Å². The highest BCUT2D eigenvalue weighted by atomic mass is 35.5. The molecule has 0 unspecified atom stereocenters. The van der Waals surface area contributed by atoms with E-state index in [2.05, 4.69) is 10.1 Å². The maximum absolute atomic E-state index is 14.0. The number of piperidine rings is 1. The number of halogens is 2. The van der Waals surface area contributed by atoms with Gasteiger partial charge in [-0.1, -0.05) is 23.7 Å². The van der Waals surface area contributed by atoms with Gasteiger partial charge in [0.15, 0.2) is 0 Å². The Morgan fingerprint density at radius 1 is 1.19 bits per heavy atom. The number of nitrogens with one attached hydrogen (secondary N) is 1. The molecule has 1 aliphatic rings. The smallest absolute Gasteiger partial charge is 0.337 e. The zero-order chi connectivity index (χ0) is 22.6. The van der Waals surface area contributed by atoms with Gasteiger partial charge in [0.25, 0.3) is 0 Å². The third-order valence-corrected chi connectivity index (χ3v) is 7.32. The normalized spacial score (nSPS) is 15.5. The Morgan fingerprint density at radius 3 is 2.52 bits per heavy atom. The first-order chi connectivity index (χ1) is 14.7. The molecule has 1 aliphatic heterocycles. The van der Waals surface area contributed by atoms with Gasteiger partial charge in [-0.05, 0) is 43.2 Å². The first-order valence-corrected chi connectivity index (χ1v) is 11.6. The third-order valence-electron chi connectivity index (χ3n) is 5.16. The van der Waals surface area contributed by atoms with Crippen LogP contribution in [0.25, 0.3) is 0 Å². The molecule has 0 aliphatic carbocycles. The second-order valence-electron chi connectivity index (χ2n) is 7.19. The highest BCUT2D eigenvalue weighted by Crippen LogP contribution is 2.26. The number of rotatable bonds is 6. The molecule has 1 amide bonds. The van der Waals surface area contributed by atoms with Crippen molar-refractivity contribution < 1.29 is 27.1 Å². The van der Waals surface area contributed by atoms with Crippen LogP contribution in [0.1, 0.15) is 28.8 Å². The van der Waals surface area contributed by atoms with Crippen LogP contribution in [0, 0.1) is 11.7 Å². The maximum Gasteiger partial charge on any atom is 0.337 e. The van der Waals surface area contributed by atoms with Crippen LogP contribution in [0.2, 0.25) is 5.02 Å². The molecule has 1 fully saturated rings. The number of anilines is 1. The molecular formula is C21H22ClFN2O5S. The van der Waals surface area contributed by atoms with E-state index in [0.717, 1.165) is 0 Å². The van der Waals surface area contributed by atoms with Crippen molar-refractivity contribution in [1.82, 2.24) is 4.31 Å². The summed E-state index contributed by atoms with van der Waals surface area (Å²) >= 11 is 5.95. The highest BCUT2D eigenvalue weighted by molar-refractivity contribution is 7.88. The molecule has 0 atom stereocenters. The minimum Gasteiger partial charge on any atom is -0.465 e. The van der Waals surface area contributed by atoms with Crippen LogP contribution in [-0.4, -0.2) is 44.8 Å². The molecule has 10 heteroatoms. The lowest BCUT2D eigenvalue weighted by atomic mass is 9.97. The number of methoxy groups -OCH3 is 1. The molecule has 0 saturated carbocycles. The van der Waals surface area contributed by atoms with Gasteiger partial charge in [0.05, 0.1) is 18.4 Å². The molecule has 0 bridgehead atoms. The molecule has 1 heterocycles. The van der Waals surface area contributed by atoms with E-state index < -0.39 is 27.6 Å². The van der Waals surface area contributed by atoms with Gasteiger partial charge < -0.3 is 10.1 Å². The van der Waals surface area contributed by atoms with E-state index >= 15 is 0 Å². The monoisotopic (exact) mass is 468 g/mol. The quantitative estimate of drug-likeness (QED) is 0.655. The third kappa shape index (κ3) is 5.61. The largest absolute Gasteiger partial charge is 0.465 e. The van der Waals surface area contributed by atoms with E-state index in [1.165, 1.54) is 35.7 Å². The van der Waals surface area contributed by atoms with Gasteiger partial charge >= 0.3 is 5.97 Å².